The highest BCUT2D eigenvalue weighted by Crippen LogP contribution is 2.11. The first-order valence-electron chi connectivity index (χ1n) is 6.64. The second kappa shape index (κ2) is 6.29. The molecule has 20 heavy (non-hydrogen) atoms. The third-order valence-corrected chi connectivity index (χ3v) is 2.96. The van der Waals surface area contributed by atoms with Crippen LogP contribution in [0.1, 0.15) is 35.6 Å². The number of aryl methyl sites for hydroxylation is 1. The van der Waals surface area contributed by atoms with Crippen LogP contribution in [0.3, 0.4) is 0 Å². The van der Waals surface area contributed by atoms with Crippen molar-refractivity contribution in [3.05, 3.63) is 41.2 Å². The maximum atomic E-state index is 11.8. The number of rotatable bonds is 5. The van der Waals surface area contributed by atoms with Crippen LogP contribution in [0, 0.1) is 0 Å². The van der Waals surface area contributed by atoms with E-state index in [1.807, 2.05) is 31.2 Å². The number of aliphatic hydroxyl groups is 1. The Balaban J connectivity index is 2.34. The highest BCUT2D eigenvalue weighted by atomic mass is 16.3. The lowest BCUT2D eigenvalue weighted by atomic mass is 10.2. The highest BCUT2D eigenvalue weighted by molar-refractivity contribution is 5.93. The Morgan fingerprint density at radius 2 is 1.95 bits per heavy atom. The number of aliphatic hydroxyl groups excluding tert-OH is 1. The monoisotopic (exact) mass is 274 g/mol. The van der Waals surface area contributed by atoms with Gasteiger partial charge in [-0.1, -0.05) is 19.1 Å². The van der Waals surface area contributed by atoms with Gasteiger partial charge in [-0.2, -0.15) is 4.80 Å². The Hall–Kier alpha value is -2.21. The van der Waals surface area contributed by atoms with Gasteiger partial charge in [0.1, 0.15) is 5.69 Å². The molecule has 0 unspecified atom stereocenters. The van der Waals surface area contributed by atoms with Crippen molar-refractivity contribution < 1.29 is 9.90 Å². The molecule has 0 aliphatic rings. The molecular formula is C14H18N4O2. The molecule has 106 valence electrons. The second-order valence-corrected chi connectivity index (χ2v) is 4.32. The van der Waals surface area contributed by atoms with Crippen LogP contribution in [0.5, 0.6) is 0 Å². The first-order chi connectivity index (χ1) is 9.69. The summed E-state index contributed by atoms with van der Waals surface area (Å²) in [6.45, 7) is 4.09. The molecule has 0 aliphatic carbocycles. The number of carbonyl (C=O) groups is 1. The molecule has 6 heteroatoms. The largest absolute Gasteiger partial charge is 0.390 e. The third-order valence-electron chi connectivity index (χ3n) is 2.96. The molecule has 1 amide bonds. The van der Waals surface area contributed by atoms with Gasteiger partial charge in [-0.15, -0.1) is 10.2 Å². The molecule has 0 fully saturated rings. The van der Waals surface area contributed by atoms with Gasteiger partial charge in [-0.25, -0.2) is 0 Å². The van der Waals surface area contributed by atoms with Crippen molar-refractivity contribution in [1.82, 2.24) is 20.3 Å². The van der Waals surface area contributed by atoms with E-state index in [2.05, 4.69) is 22.4 Å². The quantitative estimate of drug-likeness (QED) is 0.854. The Kier molecular flexibility index (Phi) is 4.47. The minimum atomic E-state index is -0.326. The number of aromatic nitrogens is 3. The standard InChI is InChI=1S/C14H18N4O2/c1-3-10-5-7-11(8-6-10)18-16-12(9-19)13(17-18)14(20)15-4-2/h5-8,19H,3-4,9H2,1-2H3,(H,15,20). The summed E-state index contributed by atoms with van der Waals surface area (Å²) in [7, 11) is 0. The number of nitrogens with one attached hydrogen (secondary N) is 1. The van der Waals surface area contributed by atoms with Gasteiger partial charge in [0.05, 0.1) is 12.3 Å². The summed E-state index contributed by atoms with van der Waals surface area (Å²) >= 11 is 0. The first kappa shape index (κ1) is 14.2. The van der Waals surface area contributed by atoms with Gasteiger partial charge in [0, 0.05) is 6.54 Å². The lowest BCUT2D eigenvalue weighted by molar-refractivity contribution is 0.0947. The fourth-order valence-electron chi connectivity index (χ4n) is 1.84. The van der Waals surface area contributed by atoms with Gasteiger partial charge in [-0.3, -0.25) is 4.79 Å². The minimum absolute atomic E-state index is 0.161. The molecule has 6 nitrogen and oxygen atoms in total. The normalized spacial score (nSPS) is 10.6. The van der Waals surface area contributed by atoms with Crippen LogP contribution >= 0.6 is 0 Å². The number of hydrogen-bond acceptors (Lipinski definition) is 4. The number of carbonyl (C=O) groups excluding carboxylic acids is 1. The molecule has 0 saturated carbocycles. The number of amides is 1. The number of nitrogens with zero attached hydrogens (tertiary/aromatic N) is 3. The van der Waals surface area contributed by atoms with Crippen LogP contribution in [0.15, 0.2) is 24.3 Å². The summed E-state index contributed by atoms with van der Waals surface area (Å²) in [6.07, 6.45) is 0.957. The van der Waals surface area contributed by atoms with Crippen molar-refractivity contribution in [2.24, 2.45) is 0 Å². The van der Waals surface area contributed by atoms with E-state index in [0.29, 0.717) is 6.54 Å². The zero-order valence-corrected chi connectivity index (χ0v) is 11.6. The van der Waals surface area contributed by atoms with E-state index < -0.39 is 0 Å². The predicted molar refractivity (Wildman–Crippen MR) is 74.7 cm³/mol. The van der Waals surface area contributed by atoms with E-state index in [9.17, 15) is 9.90 Å². The summed E-state index contributed by atoms with van der Waals surface area (Å²) in [5.41, 5.74) is 2.41. The Bertz CT molecular complexity index is 590. The summed E-state index contributed by atoms with van der Waals surface area (Å²) in [5.74, 6) is -0.326. The molecule has 0 saturated heterocycles. The lowest BCUT2D eigenvalue weighted by Gasteiger charge is -2.01. The maximum absolute atomic E-state index is 11.8. The summed E-state index contributed by atoms with van der Waals surface area (Å²) < 4.78 is 0. The molecule has 1 aromatic heterocycles. The zero-order chi connectivity index (χ0) is 14.5. The molecule has 0 radical (unpaired) electrons. The van der Waals surface area contributed by atoms with Crippen LogP contribution in [-0.4, -0.2) is 32.6 Å². The van der Waals surface area contributed by atoms with Crippen molar-refractivity contribution in [2.45, 2.75) is 26.9 Å². The number of hydrogen-bond donors (Lipinski definition) is 2. The summed E-state index contributed by atoms with van der Waals surface area (Å²) in [4.78, 5) is 13.2. The van der Waals surface area contributed by atoms with Gasteiger partial charge in [0.25, 0.3) is 5.91 Å². The molecule has 0 aliphatic heterocycles. The van der Waals surface area contributed by atoms with Crippen molar-refractivity contribution in [3.8, 4) is 5.69 Å². The smallest absolute Gasteiger partial charge is 0.273 e. The predicted octanol–water partition coefficient (Wildman–Crippen LogP) is 1.07. The van der Waals surface area contributed by atoms with E-state index in [-0.39, 0.29) is 23.9 Å². The van der Waals surface area contributed by atoms with Crippen molar-refractivity contribution >= 4 is 5.91 Å². The van der Waals surface area contributed by atoms with Gasteiger partial charge >= 0.3 is 0 Å². The van der Waals surface area contributed by atoms with E-state index in [0.717, 1.165) is 12.1 Å². The zero-order valence-electron chi connectivity index (χ0n) is 11.6. The molecule has 0 atom stereocenters. The van der Waals surface area contributed by atoms with Crippen molar-refractivity contribution in [1.29, 1.82) is 0 Å². The second-order valence-electron chi connectivity index (χ2n) is 4.32. The lowest BCUT2D eigenvalue weighted by Crippen LogP contribution is -2.24. The fraction of sp³-hybridized carbons (Fsp3) is 0.357. The number of benzene rings is 1. The van der Waals surface area contributed by atoms with Crippen LogP contribution < -0.4 is 5.32 Å². The Morgan fingerprint density at radius 1 is 1.25 bits per heavy atom. The molecule has 2 aromatic rings. The van der Waals surface area contributed by atoms with Gasteiger partial charge in [-0.05, 0) is 31.0 Å². The highest BCUT2D eigenvalue weighted by Gasteiger charge is 2.17. The molecule has 0 spiro atoms. The first-order valence-corrected chi connectivity index (χ1v) is 6.64. The average Bonchev–Trinajstić information content (AvgIpc) is 2.92. The Labute approximate surface area is 117 Å². The van der Waals surface area contributed by atoms with Crippen LogP contribution in [0.2, 0.25) is 0 Å². The topological polar surface area (TPSA) is 80.0 Å². The summed E-state index contributed by atoms with van der Waals surface area (Å²) in [5, 5.41) is 20.2. The summed E-state index contributed by atoms with van der Waals surface area (Å²) in [6, 6.07) is 7.76. The average molecular weight is 274 g/mol. The molecule has 1 heterocycles. The maximum Gasteiger partial charge on any atom is 0.273 e. The molecule has 0 bridgehead atoms. The minimum Gasteiger partial charge on any atom is -0.390 e. The molecule has 2 rings (SSSR count). The van der Waals surface area contributed by atoms with Crippen LogP contribution in [0.25, 0.3) is 5.69 Å². The molecule has 2 N–H and O–H groups in total. The van der Waals surface area contributed by atoms with Crippen LogP contribution in [-0.2, 0) is 13.0 Å². The van der Waals surface area contributed by atoms with Gasteiger partial charge in [0.2, 0.25) is 0 Å². The van der Waals surface area contributed by atoms with E-state index in [1.165, 1.54) is 10.4 Å². The molecular weight excluding hydrogens is 256 g/mol. The SMILES string of the molecule is CCNC(=O)c1nn(-c2ccc(CC)cc2)nc1CO. The van der Waals surface area contributed by atoms with E-state index >= 15 is 0 Å². The van der Waals surface area contributed by atoms with Crippen molar-refractivity contribution in [2.75, 3.05) is 6.54 Å². The van der Waals surface area contributed by atoms with Gasteiger partial charge < -0.3 is 10.4 Å². The van der Waals surface area contributed by atoms with Crippen LogP contribution in [0.4, 0.5) is 0 Å². The Morgan fingerprint density at radius 3 is 2.50 bits per heavy atom. The van der Waals surface area contributed by atoms with Crippen molar-refractivity contribution in [3.63, 3.8) is 0 Å². The van der Waals surface area contributed by atoms with Gasteiger partial charge in [0.15, 0.2) is 5.69 Å². The van der Waals surface area contributed by atoms with E-state index in [1.54, 1.807) is 0 Å². The van der Waals surface area contributed by atoms with E-state index in [4.69, 9.17) is 0 Å². The third kappa shape index (κ3) is 2.85. The molecule has 1 aromatic carbocycles. The fourth-order valence-corrected chi connectivity index (χ4v) is 1.84.